The van der Waals surface area contributed by atoms with Crippen LogP contribution in [-0.4, -0.2) is 24.1 Å². The Balaban J connectivity index is 1.89. The van der Waals surface area contributed by atoms with Gasteiger partial charge in [0, 0.05) is 22.8 Å². The third-order valence-corrected chi connectivity index (χ3v) is 6.25. The molecule has 1 amide bonds. The lowest BCUT2D eigenvalue weighted by Crippen LogP contribution is -2.22. The minimum absolute atomic E-state index is 0.114. The smallest absolute Gasteiger partial charge is 0.346 e. The van der Waals surface area contributed by atoms with E-state index < -0.39 is 5.97 Å². The molecular weight excluding hydrogens is 374 g/mol. The standard InChI is InChI=1S/C22H19NO4S/c1-12-3-5-14(6-4-12)18-19-20(28-21(18)22(25)26)16(11-17(24)23-19)13-7-9-15(27-2)10-8-13/h3-10,16H,11H2,1-2H3,(H,23,24)(H,25,26)/t16-/m1/s1. The summed E-state index contributed by atoms with van der Waals surface area (Å²) in [5, 5.41) is 12.7. The largest absolute Gasteiger partial charge is 0.497 e. The van der Waals surface area contributed by atoms with Crippen molar-refractivity contribution in [3.8, 4) is 16.9 Å². The minimum Gasteiger partial charge on any atom is -0.497 e. The lowest BCUT2D eigenvalue weighted by molar-refractivity contribution is -0.116. The molecule has 2 aromatic carbocycles. The second-order valence-electron chi connectivity index (χ2n) is 6.79. The molecule has 142 valence electrons. The highest BCUT2D eigenvalue weighted by Crippen LogP contribution is 2.49. The second kappa shape index (κ2) is 7.13. The summed E-state index contributed by atoms with van der Waals surface area (Å²) >= 11 is 1.24. The number of rotatable bonds is 4. The summed E-state index contributed by atoms with van der Waals surface area (Å²) in [6.07, 6.45) is 0.284. The number of carboxylic acids is 1. The first-order valence-electron chi connectivity index (χ1n) is 8.88. The highest BCUT2D eigenvalue weighted by Gasteiger charge is 2.34. The predicted octanol–water partition coefficient (Wildman–Crippen LogP) is 4.90. The van der Waals surface area contributed by atoms with Crippen LogP contribution in [0.3, 0.4) is 0 Å². The quantitative estimate of drug-likeness (QED) is 0.661. The summed E-state index contributed by atoms with van der Waals surface area (Å²) < 4.78 is 5.21. The van der Waals surface area contributed by atoms with Crippen molar-refractivity contribution in [2.24, 2.45) is 0 Å². The number of ether oxygens (including phenoxy) is 1. The number of anilines is 1. The summed E-state index contributed by atoms with van der Waals surface area (Å²) in [6.45, 7) is 1.98. The van der Waals surface area contributed by atoms with Crippen molar-refractivity contribution < 1.29 is 19.4 Å². The van der Waals surface area contributed by atoms with E-state index in [0.717, 1.165) is 27.3 Å². The zero-order valence-electron chi connectivity index (χ0n) is 15.5. The number of fused-ring (bicyclic) bond motifs is 1. The van der Waals surface area contributed by atoms with E-state index >= 15 is 0 Å². The van der Waals surface area contributed by atoms with Gasteiger partial charge in [-0.05, 0) is 30.2 Å². The Hall–Kier alpha value is -3.12. The molecule has 1 aromatic heterocycles. The van der Waals surface area contributed by atoms with Gasteiger partial charge in [0.25, 0.3) is 0 Å². The monoisotopic (exact) mass is 393 g/mol. The summed E-state index contributed by atoms with van der Waals surface area (Å²) in [5.74, 6) is -0.548. The summed E-state index contributed by atoms with van der Waals surface area (Å²) in [4.78, 5) is 25.6. The van der Waals surface area contributed by atoms with Gasteiger partial charge in [0.15, 0.2) is 0 Å². The number of carbonyl (C=O) groups is 2. The Kier molecular flexibility index (Phi) is 4.65. The molecule has 28 heavy (non-hydrogen) atoms. The molecule has 0 aliphatic carbocycles. The van der Waals surface area contributed by atoms with Crippen molar-refractivity contribution in [2.75, 3.05) is 12.4 Å². The Morgan fingerprint density at radius 3 is 2.43 bits per heavy atom. The van der Waals surface area contributed by atoms with Crippen LogP contribution in [0.2, 0.25) is 0 Å². The Morgan fingerprint density at radius 1 is 1.14 bits per heavy atom. The maximum Gasteiger partial charge on any atom is 0.346 e. The molecule has 2 heterocycles. The van der Waals surface area contributed by atoms with Crippen LogP contribution < -0.4 is 10.1 Å². The lowest BCUT2D eigenvalue weighted by Gasteiger charge is -2.24. The maximum atomic E-state index is 12.5. The first-order valence-corrected chi connectivity index (χ1v) is 9.70. The molecule has 0 bridgehead atoms. The van der Waals surface area contributed by atoms with Crippen LogP contribution in [0.1, 0.15) is 38.0 Å². The van der Waals surface area contributed by atoms with Crippen LogP contribution in [0.25, 0.3) is 11.1 Å². The molecule has 1 aliphatic rings. The lowest BCUT2D eigenvalue weighted by atomic mass is 9.88. The van der Waals surface area contributed by atoms with Gasteiger partial charge in [0.2, 0.25) is 5.91 Å². The number of methoxy groups -OCH3 is 1. The van der Waals surface area contributed by atoms with Gasteiger partial charge in [0.05, 0.1) is 12.8 Å². The predicted molar refractivity (Wildman–Crippen MR) is 110 cm³/mol. The van der Waals surface area contributed by atoms with Crippen molar-refractivity contribution in [1.82, 2.24) is 0 Å². The average Bonchev–Trinajstić information content (AvgIpc) is 3.07. The zero-order chi connectivity index (χ0) is 19.8. The number of carbonyl (C=O) groups excluding carboxylic acids is 1. The molecule has 2 N–H and O–H groups in total. The highest BCUT2D eigenvalue weighted by atomic mass is 32.1. The average molecular weight is 393 g/mol. The van der Waals surface area contributed by atoms with Gasteiger partial charge < -0.3 is 15.2 Å². The summed E-state index contributed by atoms with van der Waals surface area (Å²) in [5.41, 5.74) is 4.04. The molecule has 0 radical (unpaired) electrons. The number of benzene rings is 2. The molecule has 1 aliphatic heterocycles. The fourth-order valence-electron chi connectivity index (χ4n) is 3.54. The summed E-state index contributed by atoms with van der Waals surface area (Å²) in [7, 11) is 1.60. The van der Waals surface area contributed by atoms with Crippen LogP contribution >= 0.6 is 11.3 Å². The van der Waals surface area contributed by atoms with E-state index in [0.29, 0.717) is 11.3 Å². The molecule has 6 heteroatoms. The van der Waals surface area contributed by atoms with E-state index in [9.17, 15) is 14.7 Å². The number of hydrogen-bond acceptors (Lipinski definition) is 4. The van der Waals surface area contributed by atoms with Crippen LogP contribution in [0.4, 0.5) is 5.69 Å². The van der Waals surface area contributed by atoms with Crippen molar-refractivity contribution in [3.05, 3.63) is 69.4 Å². The number of carboxylic acid groups (broad SMARTS) is 1. The van der Waals surface area contributed by atoms with Gasteiger partial charge >= 0.3 is 5.97 Å². The van der Waals surface area contributed by atoms with Gasteiger partial charge in [-0.25, -0.2) is 4.79 Å². The third kappa shape index (κ3) is 3.16. The van der Waals surface area contributed by atoms with Crippen molar-refractivity contribution in [1.29, 1.82) is 0 Å². The number of nitrogens with one attached hydrogen (secondary N) is 1. The Labute approximate surface area is 166 Å². The normalized spacial score (nSPS) is 15.6. The molecule has 0 fully saturated rings. The fourth-order valence-corrected chi connectivity index (χ4v) is 4.78. The van der Waals surface area contributed by atoms with Gasteiger partial charge in [-0.1, -0.05) is 42.0 Å². The first-order chi connectivity index (χ1) is 13.5. The van der Waals surface area contributed by atoms with Crippen molar-refractivity contribution in [3.63, 3.8) is 0 Å². The van der Waals surface area contributed by atoms with E-state index in [4.69, 9.17) is 4.74 Å². The zero-order valence-corrected chi connectivity index (χ0v) is 16.3. The van der Waals surface area contributed by atoms with E-state index in [1.807, 2.05) is 55.5 Å². The van der Waals surface area contributed by atoms with Gasteiger partial charge in [-0.15, -0.1) is 11.3 Å². The number of thiophene rings is 1. The van der Waals surface area contributed by atoms with E-state index in [2.05, 4.69) is 5.32 Å². The van der Waals surface area contributed by atoms with Crippen LogP contribution in [-0.2, 0) is 4.79 Å². The molecule has 1 atom stereocenters. The molecule has 4 rings (SSSR count). The second-order valence-corrected chi connectivity index (χ2v) is 7.85. The topological polar surface area (TPSA) is 75.6 Å². The highest BCUT2D eigenvalue weighted by molar-refractivity contribution is 7.15. The maximum absolute atomic E-state index is 12.5. The number of amides is 1. The van der Waals surface area contributed by atoms with Crippen molar-refractivity contribution in [2.45, 2.75) is 19.3 Å². The van der Waals surface area contributed by atoms with Crippen LogP contribution in [0.5, 0.6) is 5.75 Å². The first kappa shape index (κ1) is 18.3. The Morgan fingerprint density at radius 2 is 1.82 bits per heavy atom. The van der Waals surface area contributed by atoms with Gasteiger partial charge in [-0.2, -0.15) is 0 Å². The van der Waals surface area contributed by atoms with Gasteiger partial charge in [0.1, 0.15) is 10.6 Å². The molecule has 0 spiro atoms. The van der Waals surface area contributed by atoms with Gasteiger partial charge in [-0.3, -0.25) is 4.79 Å². The molecule has 5 nitrogen and oxygen atoms in total. The molecule has 3 aromatic rings. The van der Waals surface area contributed by atoms with Crippen LogP contribution in [0.15, 0.2) is 48.5 Å². The fraction of sp³-hybridized carbons (Fsp3) is 0.182. The molecular formula is C22H19NO4S. The molecule has 0 unspecified atom stereocenters. The Bertz CT molecular complexity index is 1050. The number of aryl methyl sites for hydroxylation is 1. The van der Waals surface area contributed by atoms with E-state index in [-0.39, 0.29) is 23.1 Å². The minimum atomic E-state index is -0.988. The SMILES string of the molecule is COc1ccc([C@H]2CC(=O)Nc3c2sc(C(=O)O)c3-c2ccc(C)cc2)cc1. The third-order valence-electron chi connectivity index (χ3n) is 4.96. The molecule has 0 saturated heterocycles. The number of aromatic carboxylic acids is 1. The van der Waals surface area contributed by atoms with Crippen LogP contribution in [0, 0.1) is 6.92 Å². The molecule has 0 saturated carbocycles. The van der Waals surface area contributed by atoms with E-state index in [1.165, 1.54) is 11.3 Å². The van der Waals surface area contributed by atoms with Crippen molar-refractivity contribution >= 4 is 28.9 Å². The number of hydrogen-bond donors (Lipinski definition) is 2. The summed E-state index contributed by atoms with van der Waals surface area (Å²) in [6, 6.07) is 15.2. The van der Waals surface area contributed by atoms with E-state index in [1.54, 1.807) is 7.11 Å².